The van der Waals surface area contributed by atoms with Gasteiger partial charge in [-0.25, -0.2) is 13.2 Å². The van der Waals surface area contributed by atoms with E-state index in [0.29, 0.717) is 0 Å². The van der Waals surface area contributed by atoms with Crippen molar-refractivity contribution >= 4 is 37.6 Å². The van der Waals surface area contributed by atoms with Crippen LogP contribution in [0, 0.1) is 0 Å². The van der Waals surface area contributed by atoms with E-state index in [2.05, 4.69) is 15.9 Å². The molecule has 17 heavy (non-hydrogen) atoms. The largest absolute Gasteiger partial charge is 0.478 e. The van der Waals surface area contributed by atoms with Crippen LogP contribution in [-0.4, -0.2) is 25.3 Å². The number of hydrogen-bond donors (Lipinski definition) is 2. The number of hydrogen-bond acceptors (Lipinski definition) is 3. The average molecular weight is 330 g/mol. The summed E-state index contributed by atoms with van der Waals surface area (Å²) in [5, 5.41) is 8.67. The van der Waals surface area contributed by atoms with Gasteiger partial charge in [0.15, 0.2) is 0 Å². The molecule has 0 aliphatic heterocycles. The molecule has 0 saturated carbocycles. The highest BCUT2D eigenvalue weighted by atomic mass is 79.9. The molecule has 0 bridgehead atoms. The molecule has 0 heterocycles. The lowest BCUT2D eigenvalue weighted by atomic mass is 10.2. The van der Waals surface area contributed by atoms with Crippen molar-refractivity contribution in [1.82, 2.24) is 0 Å². The molecule has 1 aromatic rings. The van der Waals surface area contributed by atoms with Gasteiger partial charge in [-0.3, -0.25) is 4.72 Å². The normalized spacial score (nSPS) is 11.5. The highest BCUT2D eigenvalue weighted by molar-refractivity contribution is 9.10. The first-order chi connectivity index (χ1) is 7.74. The number of rotatable bonds is 4. The Hall–Kier alpha value is -1.22. The first-order valence-electron chi connectivity index (χ1n) is 4.06. The van der Waals surface area contributed by atoms with Crippen molar-refractivity contribution in [2.45, 2.75) is 5.76 Å². The van der Waals surface area contributed by atoms with Crippen molar-refractivity contribution in [2.24, 2.45) is 0 Å². The zero-order chi connectivity index (χ0) is 13.2. The fraction of sp³-hybridized carbons (Fsp3) is 0.125. The number of carboxylic acids is 1. The van der Waals surface area contributed by atoms with Crippen molar-refractivity contribution < 1.29 is 27.1 Å². The quantitative estimate of drug-likeness (QED) is 0.886. The summed E-state index contributed by atoms with van der Waals surface area (Å²) in [7, 11) is -4.82. The van der Waals surface area contributed by atoms with Gasteiger partial charge in [0.25, 0.3) is 10.0 Å². The summed E-state index contributed by atoms with van der Waals surface area (Å²) in [6, 6.07) is 3.38. The van der Waals surface area contributed by atoms with E-state index >= 15 is 0 Å². The smallest absolute Gasteiger partial charge is 0.355 e. The van der Waals surface area contributed by atoms with E-state index in [9.17, 15) is 22.0 Å². The van der Waals surface area contributed by atoms with Crippen LogP contribution in [0.4, 0.5) is 14.5 Å². The number of nitrogens with one attached hydrogen (secondary N) is 1. The van der Waals surface area contributed by atoms with Gasteiger partial charge in [0.1, 0.15) is 0 Å². The summed E-state index contributed by atoms with van der Waals surface area (Å²) in [5.41, 5.74) is -0.481. The van der Waals surface area contributed by atoms with E-state index in [1.165, 1.54) is 12.1 Å². The van der Waals surface area contributed by atoms with Gasteiger partial charge in [-0.2, -0.15) is 8.78 Å². The van der Waals surface area contributed by atoms with Crippen LogP contribution in [0.3, 0.4) is 0 Å². The van der Waals surface area contributed by atoms with Gasteiger partial charge in [0, 0.05) is 4.47 Å². The number of benzene rings is 1. The molecule has 0 fully saturated rings. The molecule has 0 aliphatic carbocycles. The monoisotopic (exact) mass is 329 g/mol. The number of sulfonamides is 1. The van der Waals surface area contributed by atoms with Crippen LogP contribution in [0.2, 0.25) is 0 Å². The van der Waals surface area contributed by atoms with E-state index < -0.39 is 21.8 Å². The Morgan fingerprint density at radius 3 is 2.47 bits per heavy atom. The lowest BCUT2D eigenvalue weighted by molar-refractivity contribution is 0.0697. The molecule has 0 aliphatic rings. The van der Waals surface area contributed by atoms with Crippen LogP contribution in [0.25, 0.3) is 0 Å². The standard InChI is InChI=1S/C8H6BrF2NO4S/c9-5-2-1-4(7(13)14)3-6(5)12-17(15,16)8(10)11/h1-3,8,12H,(H,13,14). The van der Waals surface area contributed by atoms with Crippen LogP contribution in [0.5, 0.6) is 0 Å². The molecule has 1 aromatic carbocycles. The second-order valence-corrected chi connectivity index (χ2v) is 5.41. The molecular formula is C8H6BrF2NO4S. The summed E-state index contributed by atoms with van der Waals surface area (Å²) in [6.45, 7) is 0. The average Bonchev–Trinajstić information content (AvgIpc) is 2.20. The molecule has 5 nitrogen and oxygen atoms in total. The molecule has 0 amide bonds. The topological polar surface area (TPSA) is 83.5 Å². The predicted molar refractivity (Wildman–Crippen MR) is 59.6 cm³/mol. The van der Waals surface area contributed by atoms with Crippen molar-refractivity contribution in [2.75, 3.05) is 4.72 Å². The van der Waals surface area contributed by atoms with Crippen molar-refractivity contribution in [3.8, 4) is 0 Å². The van der Waals surface area contributed by atoms with Gasteiger partial charge >= 0.3 is 11.7 Å². The number of halogens is 3. The second kappa shape index (κ2) is 4.96. The third-order valence-electron chi connectivity index (χ3n) is 1.70. The van der Waals surface area contributed by atoms with Crippen LogP contribution >= 0.6 is 15.9 Å². The fourth-order valence-electron chi connectivity index (χ4n) is 0.934. The van der Waals surface area contributed by atoms with Crippen LogP contribution in [-0.2, 0) is 10.0 Å². The molecule has 0 radical (unpaired) electrons. The van der Waals surface area contributed by atoms with Crippen LogP contribution < -0.4 is 4.72 Å². The Kier molecular flexibility index (Phi) is 4.04. The molecular weight excluding hydrogens is 324 g/mol. The van der Waals surface area contributed by atoms with Gasteiger partial charge in [-0.15, -0.1) is 0 Å². The SMILES string of the molecule is O=C(O)c1ccc(Br)c(NS(=O)(=O)C(F)F)c1. The van der Waals surface area contributed by atoms with E-state index in [-0.39, 0.29) is 15.7 Å². The summed E-state index contributed by atoms with van der Waals surface area (Å²) in [4.78, 5) is 10.6. The minimum Gasteiger partial charge on any atom is -0.478 e. The van der Waals surface area contributed by atoms with Gasteiger partial charge in [-0.1, -0.05) is 0 Å². The molecule has 94 valence electrons. The Morgan fingerprint density at radius 1 is 1.41 bits per heavy atom. The van der Waals surface area contributed by atoms with Gasteiger partial charge in [0.2, 0.25) is 0 Å². The lowest BCUT2D eigenvalue weighted by Gasteiger charge is -2.09. The second-order valence-electron chi connectivity index (χ2n) is 2.91. The van der Waals surface area contributed by atoms with Crippen LogP contribution in [0.1, 0.15) is 10.4 Å². The van der Waals surface area contributed by atoms with E-state index in [1.54, 1.807) is 4.72 Å². The van der Waals surface area contributed by atoms with E-state index in [1.807, 2.05) is 0 Å². The Bertz CT molecular complexity index is 546. The minimum atomic E-state index is -4.82. The Morgan fingerprint density at radius 2 is 2.00 bits per heavy atom. The van der Waals surface area contributed by atoms with Crippen molar-refractivity contribution in [3.05, 3.63) is 28.2 Å². The number of alkyl halides is 2. The molecule has 2 N–H and O–H groups in total. The van der Waals surface area contributed by atoms with Gasteiger partial charge in [-0.05, 0) is 34.1 Å². The lowest BCUT2D eigenvalue weighted by Crippen LogP contribution is -2.21. The number of carbonyl (C=O) groups is 1. The first kappa shape index (κ1) is 13.8. The Balaban J connectivity index is 3.15. The van der Waals surface area contributed by atoms with Crippen molar-refractivity contribution in [1.29, 1.82) is 0 Å². The van der Waals surface area contributed by atoms with Crippen molar-refractivity contribution in [3.63, 3.8) is 0 Å². The summed E-state index contributed by atoms with van der Waals surface area (Å²) >= 11 is 2.92. The summed E-state index contributed by atoms with van der Waals surface area (Å²) < 4.78 is 47.8. The Labute approximate surface area is 104 Å². The maximum absolute atomic E-state index is 12.1. The molecule has 9 heteroatoms. The fourth-order valence-corrected chi connectivity index (χ4v) is 1.98. The first-order valence-corrected chi connectivity index (χ1v) is 6.40. The molecule has 0 saturated heterocycles. The van der Waals surface area contributed by atoms with Crippen LogP contribution in [0.15, 0.2) is 22.7 Å². The third-order valence-corrected chi connectivity index (χ3v) is 3.37. The highest BCUT2D eigenvalue weighted by Gasteiger charge is 2.24. The molecule has 0 aromatic heterocycles. The zero-order valence-corrected chi connectivity index (χ0v) is 10.4. The van der Waals surface area contributed by atoms with Gasteiger partial charge < -0.3 is 5.11 Å². The predicted octanol–water partition coefficient (Wildman–Crippen LogP) is 2.11. The third kappa shape index (κ3) is 3.37. The highest BCUT2D eigenvalue weighted by Crippen LogP contribution is 2.25. The number of anilines is 1. The molecule has 1 rings (SSSR count). The van der Waals surface area contributed by atoms with Gasteiger partial charge in [0.05, 0.1) is 11.3 Å². The minimum absolute atomic E-state index is 0.159. The van der Waals surface area contributed by atoms with E-state index in [4.69, 9.17) is 5.11 Å². The maximum Gasteiger partial charge on any atom is 0.355 e. The number of aromatic carboxylic acids is 1. The summed E-state index contributed by atoms with van der Waals surface area (Å²) in [6.07, 6.45) is 0. The zero-order valence-electron chi connectivity index (χ0n) is 8.02. The van der Waals surface area contributed by atoms with E-state index in [0.717, 1.165) is 6.07 Å². The molecule has 0 atom stereocenters. The maximum atomic E-state index is 12.1. The number of carboxylic acid groups (broad SMARTS) is 1. The molecule has 0 spiro atoms. The summed E-state index contributed by atoms with van der Waals surface area (Å²) in [5.74, 6) is -4.89. The molecule has 0 unspecified atom stereocenters.